The first kappa shape index (κ1) is 7.95. The third-order valence-corrected chi connectivity index (χ3v) is 1.75. The second-order valence-corrected chi connectivity index (χ2v) is 3.26. The van der Waals surface area contributed by atoms with Crippen molar-refractivity contribution < 1.29 is 4.74 Å². The van der Waals surface area contributed by atoms with Crippen LogP contribution < -0.4 is 5.73 Å². The van der Waals surface area contributed by atoms with Crippen LogP contribution in [0.4, 0.5) is 0 Å². The monoisotopic (exact) mass is 159 g/mol. The molecule has 10 heavy (non-hydrogen) atoms. The molecule has 0 aromatic rings. The summed E-state index contributed by atoms with van der Waals surface area (Å²) in [5.41, 5.74) is 5.28. The summed E-state index contributed by atoms with van der Waals surface area (Å²) < 4.78 is 5.30. The Balaban J connectivity index is 1.80. The summed E-state index contributed by atoms with van der Waals surface area (Å²) in [7, 11) is 0. The zero-order valence-corrected chi connectivity index (χ0v) is 6.82. The molecule has 0 heterocycles. The zero-order valence-electron chi connectivity index (χ0n) is 6.01. The Morgan fingerprint density at radius 2 is 2.30 bits per heavy atom. The highest BCUT2D eigenvalue weighted by Gasteiger charge is 2.20. The van der Waals surface area contributed by atoms with Crippen LogP contribution in [0.3, 0.4) is 0 Å². The van der Waals surface area contributed by atoms with Gasteiger partial charge in [0, 0.05) is 13.0 Å². The largest absolute Gasteiger partial charge is 0.393 e. The summed E-state index contributed by atoms with van der Waals surface area (Å²) in [6, 6.07) is 0. The molecule has 58 valence electrons. The lowest BCUT2D eigenvalue weighted by Gasteiger charge is -2.00. The molecular weight excluding hydrogens is 146 g/mol. The Labute approximate surface area is 66.7 Å². The first-order valence-corrected chi connectivity index (χ1v) is 4.06. The van der Waals surface area contributed by atoms with Crippen molar-refractivity contribution in [2.75, 3.05) is 13.2 Å². The van der Waals surface area contributed by atoms with Crippen molar-refractivity contribution in [3.05, 3.63) is 0 Å². The molecule has 1 fully saturated rings. The number of rotatable bonds is 5. The fourth-order valence-electron chi connectivity index (χ4n) is 0.707. The number of thiocarbonyl (C=S) groups is 1. The molecular formula is C7H13NOS. The maximum atomic E-state index is 5.30. The quantitative estimate of drug-likeness (QED) is 0.482. The van der Waals surface area contributed by atoms with Gasteiger partial charge in [0.1, 0.15) is 0 Å². The number of hydrogen-bond donors (Lipinski definition) is 1. The lowest BCUT2D eigenvalue weighted by Crippen LogP contribution is -2.11. The SMILES string of the molecule is NC(=S)CCOCC1CC1. The predicted molar refractivity (Wildman–Crippen MR) is 44.9 cm³/mol. The third kappa shape index (κ3) is 3.80. The molecule has 1 rings (SSSR count). The van der Waals surface area contributed by atoms with Gasteiger partial charge in [0.25, 0.3) is 0 Å². The van der Waals surface area contributed by atoms with Gasteiger partial charge in [-0.3, -0.25) is 0 Å². The van der Waals surface area contributed by atoms with E-state index in [2.05, 4.69) is 12.2 Å². The highest BCUT2D eigenvalue weighted by molar-refractivity contribution is 7.80. The Hall–Kier alpha value is -0.150. The van der Waals surface area contributed by atoms with Gasteiger partial charge in [0.15, 0.2) is 0 Å². The molecule has 0 saturated heterocycles. The Morgan fingerprint density at radius 1 is 1.60 bits per heavy atom. The first-order chi connectivity index (χ1) is 4.79. The average Bonchev–Trinajstić information content (AvgIpc) is 2.62. The molecule has 0 atom stereocenters. The van der Waals surface area contributed by atoms with Gasteiger partial charge in [-0.2, -0.15) is 0 Å². The topological polar surface area (TPSA) is 35.2 Å². The fourth-order valence-corrected chi connectivity index (χ4v) is 0.791. The summed E-state index contributed by atoms with van der Waals surface area (Å²) in [4.78, 5) is 0.552. The Morgan fingerprint density at radius 3 is 2.80 bits per heavy atom. The van der Waals surface area contributed by atoms with Crippen LogP contribution in [0.2, 0.25) is 0 Å². The zero-order chi connectivity index (χ0) is 7.40. The van der Waals surface area contributed by atoms with Crippen LogP contribution in [0.5, 0.6) is 0 Å². The van der Waals surface area contributed by atoms with Crippen LogP contribution in [0.15, 0.2) is 0 Å². The maximum Gasteiger partial charge on any atom is 0.0750 e. The molecule has 0 aromatic heterocycles. The van der Waals surface area contributed by atoms with E-state index in [1.54, 1.807) is 0 Å². The predicted octanol–water partition coefficient (Wildman–Crippen LogP) is 1.09. The Bertz CT molecular complexity index is 123. The summed E-state index contributed by atoms with van der Waals surface area (Å²) in [5.74, 6) is 0.839. The molecule has 2 nitrogen and oxygen atoms in total. The normalized spacial score (nSPS) is 17.2. The van der Waals surface area contributed by atoms with Crippen molar-refractivity contribution >= 4 is 17.2 Å². The van der Waals surface area contributed by atoms with E-state index >= 15 is 0 Å². The first-order valence-electron chi connectivity index (χ1n) is 3.65. The molecule has 0 radical (unpaired) electrons. The molecule has 0 amide bonds. The van der Waals surface area contributed by atoms with E-state index in [9.17, 15) is 0 Å². The minimum atomic E-state index is 0.552. The number of ether oxygens (including phenoxy) is 1. The smallest absolute Gasteiger partial charge is 0.0750 e. The van der Waals surface area contributed by atoms with E-state index in [1.165, 1.54) is 12.8 Å². The highest BCUT2D eigenvalue weighted by Crippen LogP contribution is 2.28. The molecule has 0 aromatic carbocycles. The van der Waals surface area contributed by atoms with E-state index < -0.39 is 0 Å². The molecule has 1 aliphatic rings. The van der Waals surface area contributed by atoms with E-state index in [1.807, 2.05) is 0 Å². The van der Waals surface area contributed by atoms with Crippen molar-refractivity contribution in [3.63, 3.8) is 0 Å². The molecule has 2 N–H and O–H groups in total. The van der Waals surface area contributed by atoms with Crippen molar-refractivity contribution in [2.24, 2.45) is 11.7 Å². The number of nitrogens with two attached hydrogens (primary N) is 1. The van der Waals surface area contributed by atoms with Crippen molar-refractivity contribution in [1.29, 1.82) is 0 Å². The second-order valence-electron chi connectivity index (χ2n) is 2.73. The standard InChI is InChI=1S/C7H13NOS/c8-7(10)3-4-9-5-6-1-2-6/h6H,1-5H2,(H2,8,10). The van der Waals surface area contributed by atoms with Gasteiger partial charge in [-0.25, -0.2) is 0 Å². The molecule has 3 heteroatoms. The van der Waals surface area contributed by atoms with Crippen LogP contribution in [-0.4, -0.2) is 18.2 Å². The van der Waals surface area contributed by atoms with Crippen LogP contribution in [0, 0.1) is 5.92 Å². The van der Waals surface area contributed by atoms with Gasteiger partial charge in [-0.05, 0) is 18.8 Å². The van der Waals surface area contributed by atoms with Crippen LogP contribution in [-0.2, 0) is 4.74 Å². The van der Waals surface area contributed by atoms with Crippen LogP contribution in [0.1, 0.15) is 19.3 Å². The van der Waals surface area contributed by atoms with Crippen molar-refractivity contribution in [1.82, 2.24) is 0 Å². The van der Waals surface area contributed by atoms with Crippen molar-refractivity contribution in [3.8, 4) is 0 Å². The van der Waals surface area contributed by atoms with Gasteiger partial charge in [0.05, 0.1) is 11.6 Å². The van der Waals surface area contributed by atoms with E-state index in [4.69, 9.17) is 10.5 Å². The fraction of sp³-hybridized carbons (Fsp3) is 0.857. The summed E-state index contributed by atoms with van der Waals surface area (Å²) in [6.07, 6.45) is 3.40. The minimum absolute atomic E-state index is 0.552. The third-order valence-electron chi connectivity index (χ3n) is 1.54. The van der Waals surface area contributed by atoms with Gasteiger partial charge in [-0.15, -0.1) is 0 Å². The highest BCUT2D eigenvalue weighted by atomic mass is 32.1. The van der Waals surface area contributed by atoms with E-state index in [0.717, 1.165) is 18.9 Å². The maximum absolute atomic E-state index is 5.30. The summed E-state index contributed by atoms with van der Waals surface area (Å²) >= 11 is 4.69. The van der Waals surface area contributed by atoms with Crippen LogP contribution >= 0.6 is 12.2 Å². The number of hydrogen-bond acceptors (Lipinski definition) is 2. The Kier molecular flexibility index (Phi) is 3.09. The second kappa shape index (κ2) is 3.88. The van der Waals surface area contributed by atoms with Gasteiger partial charge >= 0.3 is 0 Å². The van der Waals surface area contributed by atoms with Gasteiger partial charge < -0.3 is 10.5 Å². The van der Waals surface area contributed by atoms with Crippen molar-refractivity contribution in [2.45, 2.75) is 19.3 Å². The minimum Gasteiger partial charge on any atom is -0.393 e. The van der Waals surface area contributed by atoms with Crippen LogP contribution in [0.25, 0.3) is 0 Å². The summed E-state index contributed by atoms with van der Waals surface area (Å²) in [5, 5.41) is 0. The molecule has 0 unspecified atom stereocenters. The summed E-state index contributed by atoms with van der Waals surface area (Å²) in [6.45, 7) is 1.61. The van der Waals surface area contributed by atoms with Gasteiger partial charge in [0.2, 0.25) is 0 Å². The lowest BCUT2D eigenvalue weighted by atomic mass is 10.4. The van der Waals surface area contributed by atoms with Gasteiger partial charge in [-0.1, -0.05) is 12.2 Å². The van der Waals surface area contributed by atoms with E-state index in [0.29, 0.717) is 11.6 Å². The average molecular weight is 159 g/mol. The molecule has 0 bridgehead atoms. The van der Waals surface area contributed by atoms with E-state index in [-0.39, 0.29) is 0 Å². The molecule has 0 aliphatic heterocycles. The molecule has 0 spiro atoms. The molecule has 1 saturated carbocycles. The lowest BCUT2D eigenvalue weighted by molar-refractivity contribution is 0.131. The molecule has 1 aliphatic carbocycles.